The minimum absolute atomic E-state index is 0.623. The summed E-state index contributed by atoms with van der Waals surface area (Å²) < 4.78 is 6.00. The molecule has 0 amide bonds. The first-order valence-corrected chi connectivity index (χ1v) is 12.8. The summed E-state index contributed by atoms with van der Waals surface area (Å²) in [6.45, 7) is 0. The van der Waals surface area contributed by atoms with Crippen LogP contribution in [0.4, 0.5) is 0 Å². The van der Waals surface area contributed by atoms with Gasteiger partial charge in [-0.1, -0.05) is 66.7 Å². The third-order valence-corrected chi connectivity index (χ3v) is 7.46. The molecule has 5 aromatic carbocycles. The van der Waals surface area contributed by atoms with Gasteiger partial charge in [0.2, 0.25) is 0 Å². The Hall–Kier alpha value is -5.53. The van der Waals surface area contributed by atoms with Crippen molar-refractivity contribution in [1.82, 2.24) is 9.97 Å². The summed E-state index contributed by atoms with van der Waals surface area (Å²) in [5.74, 6) is 0. The zero-order valence-electron chi connectivity index (χ0n) is 20.7. The molecule has 3 heterocycles. The number of benzene rings is 5. The normalized spacial score (nSPS) is 11.6. The van der Waals surface area contributed by atoms with Gasteiger partial charge in [-0.05, 0) is 59.7 Å². The summed E-state index contributed by atoms with van der Waals surface area (Å²) in [6, 6.07) is 41.1. The van der Waals surface area contributed by atoms with Gasteiger partial charge in [-0.25, -0.2) is 9.97 Å². The van der Waals surface area contributed by atoms with Crippen LogP contribution in [0, 0.1) is 11.3 Å². The van der Waals surface area contributed by atoms with Crippen LogP contribution in [0.2, 0.25) is 0 Å². The fourth-order valence-corrected chi connectivity index (χ4v) is 5.52. The summed E-state index contributed by atoms with van der Waals surface area (Å²) in [4.78, 5) is 10.1. The quantitative estimate of drug-likeness (QED) is 0.177. The fourth-order valence-electron chi connectivity index (χ4n) is 5.52. The van der Waals surface area contributed by atoms with E-state index in [-0.39, 0.29) is 0 Å². The number of rotatable bonds is 2. The molecule has 0 bridgehead atoms. The summed E-state index contributed by atoms with van der Waals surface area (Å²) in [6.07, 6.45) is 0. The van der Waals surface area contributed by atoms with Crippen molar-refractivity contribution in [3.05, 3.63) is 121 Å². The van der Waals surface area contributed by atoms with E-state index in [0.29, 0.717) is 5.56 Å². The second-order valence-electron chi connectivity index (χ2n) is 9.77. The third kappa shape index (κ3) is 3.38. The molecule has 0 aliphatic heterocycles. The van der Waals surface area contributed by atoms with Crippen LogP contribution in [-0.2, 0) is 0 Å². The van der Waals surface area contributed by atoms with Crippen LogP contribution >= 0.6 is 0 Å². The topological polar surface area (TPSA) is 62.7 Å². The number of hydrogen-bond acceptors (Lipinski definition) is 4. The van der Waals surface area contributed by atoms with Gasteiger partial charge in [-0.3, -0.25) is 0 Å². The number of para-hydroxylation sites is 2. The summed E-state index contributed by atoms with van der Waals surface area (Å²) in [5.41, 5.74) is 9.24. The highest BCUT2D eigenvalue weighted by Crippen LogP contribution is 2.36. The molecular weight excluding hydrogens is 478 g/mol. The first-order valence-electron chi connectivity index (χ1n) is 12.8. The van der Waals surface area contributed by atoms with Crippen molar-refractivity contribution in [3.8, 4) is 28.5 Å². The maximum Gasteiger partial charge on any atom is 0.135 e. The lowest BCUT2D eigenvalue weighted by molar-refractivity contribution is 0.669. The monoisotopic (exact) mass is 497 g/mol. The molecule has 0 radical (unpaired) electrons. The Labute approximate surface area is 223 Å². The van der Waals surface area contributed by atoms with Crippen LogP contribution < -0.4 is 0 Å². The molecule has 8 aromatic rings. The van der Waals surface area contributed by atoms with Crippen LogP contribution in [0.25, 0.3) is 77.0 Å². The van der Waals surface area contributed by atoms with Crippen LogP contribution in [0.15, 0.2) is 120 Å². The van der Waals surface area contributed by atoms with E-state index in [2.05, 4.69) is 66.7 Å². The number of pyridine rings is 2. The molecule has 180 valence electrons. The summed E-state index contributed by atoms with van der Waals surface area (Å²) in [5, 5.41) is 14.5. The molecule has 3 aromatic heterocycles. The lowest BCUT2D eigenvalue weighted by Crippen LogP contribution is -1.92. The van der Waals surface area contributed by atoms with Gasteiger partial charge in [-0.2, -0.15) is 5.26 Å². The van der Waals surface area contributed by atoms with Gasteiger partial charge in [0.1, 0.15) is 11.2 Å². The number of nitriles is 1. The van der Waals surface area contributed by atoms with Gasteiger partial charge >= 0.3 is 0 Å². The molecule has 4 nitrogen and oxygen atoms in total. The zero-order valence-corrected chi connectivity index (χ0v) is 20.7. The van der Waals surface area contributed by atoms with E-state index in [4.69, 9.17) is 14.4 Å². The zero-order chi connectivity index (χ0) is 25.9. The number of aromatic nitrogens is 2. The fraction of sp³-hybridized carbons (Fsp3) is 0. The number of furan rings is 1. The van der Waals surface area contributed by atoms with Crippen molar-refractivity contribution in [2.24, 2.45) is 0 Å². The average molecular weight is 498 g/mol. The van der Waals surface area contributed by atoms with Crippen LogP contribution in [0.1, 0.15) is 5.56 Å². The van der Waals surface area contributed by atoms with Gasteiger partial charge in [0, 0.05) is 32.5 Å². The second kappa shape index (κ2) is 8.24. The lowest BCUT2D eigenvalue weighted by atomic mass is 9.98. The van der Waals surface area contributed by atoms with E-state index < -0.39 is 0 Å². The maximum atomic E-state index is 9.35. The minimum Gasteiger partial charge on any atom is -0.456 e. The largest absolute Gasteiger partial charge is 0.456 e. The molecule has 0 saturated carbocycles. The molecule has 0 N–H and O–H groups in total. The summed E-state index contributed by atoms with van der Waals surface area (Å²) in [7, 11) is 0. The first-order chi connectivity index (χ1) is 19.2. The Kier molecular flexibility index (Phi) is 4.55. The second-order valence-corrected chi connectivity index (χ2v) is 9.77. The maximum absolute atomic E-state index is 9.35. The highest BCUT2D eigenvalue weighted by atomic mass is 16.3. The van der Waals surface area contributed by atoms with Crippen molar-refractivity contribution in [1.29, 1.82) is 5.26 Å². The van der Waals surface area contributed by atoms with Gasteiger partial charge < -0.3 is 4.42 Å². The first kappa shape index (κ1) is 21.5. The van der Waals surface area contributed by atoms with E-state index in [1.165, 1.54) is 0 Å². The minimum atomic E-state index is 0.623. The van der Waals surface area contributed by atoms with E-state index in [1.807, 2.05) is 48.5 Å². The standard InChI is InChI=1S/C35H19N3O/c36-20-21-9-15-32-27(17-21)28-18-24(14-16-33(28)39-32)22-10-12-23(13-11-22)34-29-19-25-5-1-3-7-30(25)37-35(29)26-6-2-4-8-31(26)38-34/h1-19H. The van der Waals surface area contributed by atoms with Crippen LogP contribution in [0.5, 0.6) is 0 Å². The van der Waals surface area contributed by atoms with E-state index in [9.17, 15) is 5.26 Å². The average Bonchev–Trinajstić information content (AvgIpc) is 3.37. The van der Waals surface area contributed by atoms with Gasteiger partial charge in [0.25, 0.3) is 0 Å². The number of hydrogen-bond donors (Lipinski definition) is 0. The molecule has 0 atom stereocenters. The number of fused-ring (bicyclic) bond motifs is 7. The molecule has 0 aliphatic rings. The third-order valence-electron chi connectivity index (χ3n) is 7.46. The molecule has 0 saturated heterocycles. The number of nitrogens with zero attached hydrogens (tertiary/aromatic N) is 3. The Balaban J connectivity index is 1.28. The molecule has 0 fully saturated rings. The SMILES string of the molecule is N#Cc1ccc2oc3ccc(-c4ccc(-c5nc6ccccc6c6nc7ccccc7cc56)cc4)cc3c2c1. The Morgan fingerprint density at radius 2 is 1.23 bits per heavy atom. The Bertz CT molecular complexity index is 2290. The lowest BCUT2D eigenvalue weighted by Gasteiger charge is -2.11. The van der Waals surface area contributed by atoms with Gasteiger partial charge in [-0.15, -0.1) is 0 Å². The predicted octanol–water partition coefficient (Wildman–Crippen LogP) is 9.04. The van der Waals surface area contributed by atoms with Crippen molar-refractivity contribution in [2.75, 3.05) is 0 Å². The molecular formula is C35H19N3O. The molecule has 4 heteroatoms. The van der Waals surface area contributed by atoms with Crippen molar-refractivity contribution >= 4 is 54.6 Å². The molecule has 8 rings (SSSR count). The molecule has 0 aliphatic carbocycles. The molecule has 0 unspecified atom stereocenters. The van der Waals surface area contributed by atoms with Crippen LogP contribution in [-0.4, -0.2) is 9.97 Å². The predicted molar refractivity (Wildman–Crippen MR) is 157 cm³/mol. The van der Waals surface area contributed by atoms with Crippen molar-refractivity contribution in [2.45, 2.75) is 0 Å². The van der Waals surface area contributed by atoms with E-state index in [1.54, 1.807) is 6.07 Å². The van der Waals surface area contributed by atoms with Crippen LogP contribution in [0.3, 0.4) is 0 Å². The van der Waals surface area contributed by atoms with E-state index >= 15 is 0 Å². The molecule has 39 heavy (non-hydrogen) atoms. The van der Waals surface area contributed by atoms with Gasteiger partial charge in [0.15, 0.2) is 0 Å². The highest BCUT2D eigenvalue weighted by Gasteiger charge is 2.14. The summed E-state index contributed by atoms with van der Waals surface area (Å²) >= 11 is 0. The highest BCUT2D eigenvalue weighted by molar-refractivity contribution is 6.12. The Morgan fingerprint density at radius 1 is 0.538 bits per heavy atom. The molecule has 0 spiro atoms. The smallest absolute Gasteiger partial charge is 0.135 e. The van der Waals surface area contributed by atoms with Crippen molar-refractivity contribution in [3.63, 3.8) is 0 Å². The van der Waals surface area contributed by atoms with Crippen molar-refractivity contribution < 1.29 is 4.42 Å². The Morgan fingerprint density at radius 3 is 2.08 bits per heavy atom. The van der Waals surface area contributed by atoms with Gasteiger partial charge in [0.05, 0.1) is 33.9 Å². The van der Waals surface area contributed by atoms with E-state index in [0.717, 1.165) is 77.0 Å².